The summed E-state index contributed by atoms with van der Waals surface area (Å²) in [4.78, 5) is 32.6. The van der Waals surface area contributed by atoms with Crippen LogP contribution >= 0.6 is 0 Å². The molecule has 0 atom stereocenters. The highest BCUT2D eigenvalue weighted by molar-refractivity contribution is 5.98. The standard InChI is InChI=1S/C13H11F3N2O7/c1-23-11(19)6-8(12(20)24-2)17-7-3-4-10(25-13(14,15)16)9(5-7)18(21)22/h3-6,17H,1-2H3/b8-6+. The number of alkyl halides is 3. The minimum Gasteiger partial charge on any atom is -0.466 e. The van der Waals surface area contributed by atoms with E-state index in [9.17, 15) is 32.9 Å². The summed E-state index contributed by atoms with van der Waals surface area (Å²) in [6, 6.07) is 2.35. The highest BCUT2D eigenvalue weighted by Gasteiger charge is 2.34. The molecule has 1 rings (SSSR count). The average molecular weight is 364 g/mol. The number of nitrogens with zero attached hydrogens (tertiary/aromatic N) is 1. The van der Waals surface area contributed by atoms with Crippen molar-refractivity contribution in [2.24, 2.45) is 0 Å². The van der Waals surface area contributed by atoms with E-state index in [4.69, 9.17) is 0 Å². The Kier molecular flexibility index (Phi) is 6.31. The molecule has 0 aromatic heterocycles. The van der Waals surface area contributed by atoms with Crippen molar-refractivity contribution in [3.05, 3.63) is 40.1 Å². The van der Waals surface area contributed by atoms with Crippen molar-refractivity contribution in [1.29, 1.82) is 0 Å². The van der Waals surface area contributed by atoms with E-state index in [0.717, 1.165) is 20.3 Å². The third kappa shape index (κ3) is 6.01. The van der Waals surface area contributed by atoms with Gasteiger partial charge >= 0.3 is 24.0 Å². The van der Waals surface area contributed by atoms with Crippen molar-refractivity contribution in [3.63, 3.8) is 0 Å². The number of carbonyl (C=O) groups excluding carboxylic acids is 2. The molecule has 0 aliphatic heterocycles. The van der Waals surface area contributed by atoms with Crippen LogP contribution in [0.3, 0.4) is 0 Å². The van der Waals surface area contributed by atoms with Crippen LogP contribution in [0.4, 0.5) is 24.5 Å². The number of hydrogen-bond donors (Lipinski definition) is 1. The Hall–Kier alpha value is -3.31. The Bertz CT molecular complexity index is 716. The van der Waals surface area contributed by atoms with Gasteiger partial charge in [-0.25, -0.2) is 9.59 Å². The van der Waals surface area contributed by atoms with Gasteiger partial charge in [-0.05, 0) is 12.1 Å². The maximum absolute atomic E-state index is 12.2. The predicted molar refractivity (Wildman–Crippen MR) is 75.5 cm³/mol. The van der Waals surface area contributed by atoms with Crippen LogP contribution in [0.2, 0.25) is 0 Å². The van der Waals surface area contributed by atoms with Crippen molar-refractivity contribution >= 4 is 23.3 Å². The zero-order valence-electron chi connectivity index (χ0n) is 12.7. The third-order valence-corrected chi connectivity index (χ3v) is 2.53. The fourth-order valence-electron chi connectivity index (χ4n) is 1.54. The second-order valence-electron chi connectivity index (χ2n) is 4.19. The summed E-state index contributed by atoms with van der Waals surface area (Å²) in [7, 11) is 2.06. The lowest BCUT2D eigenvalue weighted by Crippen LogP contribution is -2.18. The number of esters is 2. The molecule has 0 fully saturated rings. The SMILES string of the molecule is COC(=O)/C=C(/Nc1ccc(OC(F)(F)F)c([N+](=O)[O-])c1)C(=O)OC. The Labute approximate surface area is 138 Å². The average Bonchev–Trinajstić information content (AvgIpc) is 2.52. The first-order valence-corrected chi connectivity index (χ1v) is 6.26. The molecule has 136 valence electrons. The van der Waals surface area contributed by atoms with Gasteiger partial charge in [0.25, 0.3) is 0 Å². The summed E-state index contributed by atoms with van der Waals surface area (Å²) in [6.07, 6.45) is -4.42. The van der Waals surface area contributed by atoms with Gasteiger partial charge in [-0.2, -0.15) is 0 Å². The van der Waals surface area contributed by atoms with Gasteiger partial charge in [0.05, 0.1) is 25.2 Å². The Morgan fingerprint density at radius 1 is 1.24 bits per heavy atom. The smallest absolute Gasteiger partial charge is 0.466 e. The molecule has 1 aromatic carbocycles. The molecular formula is C13H11F3N2O7. The number of anilines is 1. The number of hydrogen-bond acceptors (Lipinski definition) is 8. The fourth-order valence-corrected chi connectivity index (χ4v) is 1.54. The second-order valence-corrected chi connectivity index (χ2v) is 4.19. The van der Waals surface area contributed by atoms with Crippen molar-refractivity contribution < 1.29 is 41.9 Å². The number of carbonyl (C=O) groups is 2. The van der Waals surface area contributed by atoms with Gasteiger partial charge in [-0.15, -0.1) is 13.2 Å². The lowest BCUT2D eigenvalue weighted by atomic mass is 10.2. The highest BCUT2D eigenvalue weighted by Crippen LogP contribution is 2.34. The minimum absolute atomic E-state index is 0.165. The molecule has 9 nitrogen and oxygen atoms in total. The minimum atomic E-state index is -5.12. The number of rotatable bonds is 6. The molecule has 0 bridgehead atoms. The normalized spacial score (nSPS) is 11.5. The highest BCUT2D eigenvalue weighted by atomic mass is 19.4. The molecular weight excluding hydrogens is 353 g/mol. The first-order chi connectivity index (χ1) is 11.6. The number of ether oxygens (including phenoxy) is 3. The van der Waals surface area contributed by atoms with Gasteiger partial charge in [0, 0.05) is 11.8 Å². The number of nitro benzene ring substituents is 1. The summed E-state index contributed by atoms with van der Waals surface area (Å²) >= 11 is 0. The zero-order chi connectivity index (χ0) is 19.2. The molecule has 12 heteroatoms. The van der Waals surface area contributed by atoms with Gasteiger partial charge in [0.1, 0.15) is 5.70 Å². The predicted octanol–water partition coefficient (Wildman–Crippen LogP) is 2.14. The van der Waals surface area contributed by atoms with Crippen LogP contribution in [0.25, 0.3) is 0 Å². The largest absolute Gasteiger partial charge is 0.573 e. The number of nitrogens with one attached hydrogen (secondary N) is 1. The molecule has 0 amide bonds. The van der Waals surface area contributed by atoms with E-state index in [0.29, 0.717) is 18.2 Å². The lowest BCUT2D eigenvalue weighted by molar-refractivity contribution is -0.388. The zero-order valence-corrected chi connectivity index (χ0v) is 12.7. The molecule has 0 unspecified atom stereocenters. The molecule has 0 radical (unpaired) electrons. The van der Waals surface area contributed by atoms with Crippen LogP contribution in [0.5, 0.6) is 5.75 Å². The molecule has 0 spiro atoms. The van der Waals surface area contributed by atoms with Crippen molar-refractivity contribution in [1.82, 2.24) is 0 Å². The van der Waals surface area contributed by atoms with Crippen molar-refractivity contribution in [3.8, 4) is 5.75 Å². The maximum atomic E-state index is 12.2. The first-order valence-electron chi connectivity index (χ1n) is 6.26. The number of methoxy groups -OCH3 is 2. The molecule has 0 saturated heterocycles. The van der Waals surface area contributed by atoms with E-state index < -0.39 is 40.4 Å². The quantitative estimate of drug-likeness (QED) is 0.353. The van der Waals surface area contributed by atoms with E-state index in [-0.39, 0.29) is 5.69 Å². The first kappa shape index (κ1) is 19.7. The van der Waals surface area contributed by atoms with Crippen molar-refractivity contribution in [2.45, 2.75) is 6.36 Å². The summed E-state index contributed by atoms with van der Waals surface area (Å²) in [5.41, 5.74) is -1.63. The van der Waals surface area contributed by atoms with Gasteiger partial charge in [-0.1, -0.05) is 0 Å². The summed E-state index contributed by atoms with van der Waals surface area (Å²) in [5.74, 6) is -2.98. The number of nitro groups is 1. The monoisotopic (exact) mass is 364 g/mol. The van der Waals surface area contributed by atoms with E-state index in [1.807, 2.05) is 0 Å². The van der Waals surface area contributed by atoms with Crippen LogP contribution in [0, 0.1) is 10.1 Å². The fraction of sp³-hybridized carbons (Fsp3) is 0.231. The summed E-state index contributed by atoms with van der Waals surface area (Å²) in [5, 5.41) is 13.2. The Morgan fingerprint density at radius 2 is 1.88 bits per heavy atom. The molecule has 0 aliphatic rings. The van der Waals surface area contributed by atoms with E-state index in [2.05, 4.69) is 19.5 Å². The van der Waals surface area contributed by atoms with E-state index >= 15 is 0 Å². The number of halogens is 3. The van der Waals surface area contributed by atoms with Crippen LogP contribution in [0.15, 0.2) is 30.0 Å². The number of benzene rings is 1. The molecule has 1 N–H and O–H groups in total. The van der Waals surface area contributed by atoms with Gasteiger partial charge in [0.15, 0.2) is 0 Å². The second kappa shape index (κ2) is 7.99. The van der Waals surface area contributed by atoms with E-state index in [1.54, 1.807) is 0 Å². The lowest BCUT2D eigenvalue weighted by Gasteiger charge is -2.12. The summed E-state index contributed by atoms with van der Waals surface area (Å²) in [6.45, 7) is 0. The third-order valence-electron chi connectivity index (χ3n) is 2.53. The Morgan fingerprint density at radius 3 is 2.36 bits per heavy atom. The molecule has 0 heterocycles. The Balaban J connectivity index is 3.22. The van der Waals surface area contributed by atoms with Gasteiger partial charge in [-0.3, -0.25) is 10.1 Å². The van der Waals surface area contributed by atoms with Crippen LogP contribution in [-0.2, 0) is 19.1 Å². The molecule has 1 aromatic rings. The van der Waals surface area contributed by atoms with Crippen LogP contribution in [0.1, 0.15) is 0 Å². The molecule has 0 saturated carbocycles. The molecule has 25 heavy (non-hydrogen) atoms. The van der Waals surface area contributed by atoms with Gasteiger partial charge in [0.2, 0.25) is 5.75 Å². The maximum Gasteiger partial charge on any atom is 0.573 e. The molecule has 0 aliphatic carbocycles. The summed E-state index contributed by atoms with van der Waals surface area (Å²) < 4.78 is 49.0. The topological polar surface area (TPSA) is 117 Å². The van der Waals surface area contributed by atoms with Crippen LogP contribution in [-0.4, -0.2) is 37.4 Å². The van der Waals surface area contributed by atoms with Crippen molar-refractivity contribution in [2.75, 3.05) is 19.5 Å². The van der Waals surface area contributed by atoms with Crippen LogP contribution < -0.4 is 10.1 Å². The van der Waals surface area contributed by atoms with Gasteiger partial charge < -0.3 is 19.5 Å². The van der Waals surface area contributed by atoms with E-state index in [1.165, 1.54) is 0 Å².